The van der Waals surface area contributed by atoms with Crippen molar-refractivity contribution in [3.63, 3.8) is 0 Å². The van der Waals surface area contributed by atoms with Crippen LogP contribution in [0.5, 0.6) is 0 Å². The lowest BCUT2D eigenvalue weighted by Crippen LogP contribution is -2.18. The largest absolute Gasteiger partial charge is 0.354 e. The number of hydrogen-bond donors (Lipinski definition) is 2. The first-order valence-corrected chi connectivity index (χ1v) is 11.2. The number of pyridine rings is 1. The average molecular weight is 458 g/mol. The Balaban J connectivity index is 1.49. The van der Waals surface area contributed by atoms with Gasteiger partial charge in [0, 0.05) is 30.0 Å². The van der Waals surface area contributed by atoms with E-state index in [1.54, 1.807) is 54.5 Å². The molecular weight excluding hydrogens is 434 g/mol. The van der Waals surface area contributed by atoms with Gasteiger partial charge in [0.1, 0.15) is 5.03 Å². The Morgan fingerprint density at radius 1 is 0.939 bits per heavy atom. The van der Waals surface area contributed by atoms with Crippen LogP contribution < -0.4 is 10.6 Å². The van der Waals surface area contributed by atoms with Crippen molar-refractivity contribution >= 4 is 29.3 Å². The third kappa shape index (κ3) is 5.12. The van der Waals surface area contributed by atoms with Crippen LogP contribution >= 0.6 is 11.8 Å². The van der Waals surface area contributed by atoms with Crippen molar-refractivity contribution in [2.24, 2.45) is 0 Å². The van der Waals surface area contributed by atoms with Crippen LogP contribution in [0.15, 0.2) is 83.0 Å². The molecule has 0 saturated carbocycles. The molecule has 0 fully saturated rings. The fourth-order valence-corrected chi connectivity index (χ4v) is 4.13. The van der Waals surface area contributed by atoms with Gasteiger partial charge in [-0.15, -0.1) is 0 Å². The molecule has 0 aliphatic heterocycles. The number of carbonyl (C=O) groups excluding carboxylic acids is 2. The molecular formula is C25H23N5O2S. The molecule has 7 nitrogen and oxygen atoms in total. The Bertz CT molecular complexity index is 1310. The van der Waals surface area contributed by atoms with Gasteiger partial charge in [-0.25, -0.2) is 9.67 Å². The quantitative estimate of drug-likeness (QED) is 0.440. The van der Waals surface area contributed by atoms with Gasteiger partial charge < -0.3 is 10.6 Å². The first kappa shape index (κ1) is 22.3. The summed E-state index contributed by atoms with van der Waals surface area (Å²) in [5.41, 5.74) is 4.68. The number of nitrogens with one attached hydrogen (secondary N) is 2. The Hall–Kier alpha value is -3.91. The highest BCUT2D eigenvalue weighted by Crippen LogP contribution is 2.30. The number of amides is 2. The van der Waals surface area contributed by atoms with E-state index in [1.165, 1.54) is 22.9 Å². The van der Waals surface area contributed by atoms with E-state index in [9.17, 15) is 9.59 Å². The molecule has 2 heterocycles. The molecule has 2 aromatic carbocycles. The second-order valence-corrected chi connectivity index (χ2v) is 8.49. The van der Waals surface area contributed by atoms with Crippen molar-refractivity contribution in [1.82, 2.24) is 20.1 Å². The number of hydrogen-bond acceptors (Lipinski definition) is 5. The highest BCUT2D eigenvalue weighted by Gasteiger charge is 2.14. The summed E-state index contributed by atoms with van der Waals surface area (Å²) in [4.78, 5) is 30.1. The summed E-state index contributed by atoms with van der Waals surface area (Å²) in [5, 5.41) is 10.4. The first-order valence-electron chi connectivity index (χ1n) is 10.3. The van der Waals surface area contributed by atoms with E-state index in [0.717, 1.165) is 10.6 Å². The zero-order valence-electron chi connectivity index (χ0n) is 18.5. The molecule has 4 rings (SSSR count). The summed E-state index contributed by atoms with van der Waals surface area (Å²) in [5.74, 6) is -0.480. The summed E-state index contributed by atoms with van der Waals surface area (Å²) in [6.45, 7) is 4.14. The Morgan fingerprint density at radius 3 is 2.45 bits per heavy atom. The molecule has 2 aromatic heterocycles. The van der Waals surface area contributed by atoms with Gasteiger partial charge >= 0.3 is 0 Å². The molecule has 0 saturated heterocycles. The van der Waals surface area contributed by atoms with Gasteiger partial charge in [0.25, 0.3) is 11.8 Å². The lowest BCUT2D eigenvalue weighted by atomic mass is 10.1. The summed E-state index contributed by atoms with van der Waals surface area (Å²) < 4.78 is 1.61. The maximum Gasteiger partial charge on any atom is 0.271 e. The molecule has 0 spiro atoms. The van der Waals surface area contributed by atoms with Crippen molar-refractivity contribution in [3.05, 3.63) is 95.4 Å². The molecule has 2 amide bonds. The normalized spacial score (nSPS) is 10.6. The van der Waals surface area contributed by atoms with Gasteiger partial charge in [-0.1, -0.05) is 17.8 Å². The van der Waals surface area contributed by atoms with E-state index >= 15 is 0 Å². The minimum Gasteiger partial charge on any atom is -0.354 e. The predicted molar refractivity (Wildman–Crippen MR) is 129 cm³/mol. The highest BCUT2D eigenvalue weighted by molar-refractivity contribution is 7.99. The van der Waals surface area contributed by atoms with Crippen LogP contribution in [0.4, 0.5) is 5.69 Å². The van der Waals surface area contributed by atoms with Crippen LogP contribution in [0.25, 0.3) is 5.69 Å². The van der Waals surface area contributed by atoms with Gasteiger partial charge in [0.15, 0.2) is 5.69 Å². The molecule has 2 N–H and O–H groups in total. The van der Waals surface area contributed by atoms with E-state index in [4.69, 9.17) is 0 Å². The van der Waals surface area contributed by atoms with E-state index in [1.807, 2.05) is 18.2 Å². The lowest BCUT2D eigenvalue weighted by Gasteiger charge is -2.10. The number of aryl methyl sites for hydroxylation is 2. The number of carbonyl (C=O) groups is 2. The van der Waals surface area contributed by atoms with Crippen molar-refractivity contribution in [2.75, 3.05) is 12.4 Å². The zero-order valence-corrected chi connectivity index (χ0v) is 19.3. The van der Waals surface area contributed by atoms with E-state index in [0.29, 0.717) is 22.0 Å². The Morgan fingerprint density at radius 2 is 1.73 bits per heavy atom. The molecule has 4 aromatic rings. The summed E-state index contributed by atoms with van der Waals surface area (Å²) in [7, 11) is 1.56. The molecule has 0 unspecified atom stereocenters. The van der Waals surface area contributed by atoms with Crippen LogP contribution in [0.3, 0.4) is 0 Å². The third-order valence-electron chi connectivity index (χ3n) is 5.15. The minimum absolute atomic E-state index is 0.233. The maximum atomic E-state index is 13.0. The molecule has 0 radical (unpaired) electrons. The summed E-state index contributed by atoms with van der Waals surface area (Å²) >= 11 is 1.47. The van der Waals surface area contributed by atoms with Gasteiger partial charge in [0.2, 0.25) is 0 Å². The van der Waals surface area contributed by atoms with Crippen molar-refractivity contribution in [2.45, 2.75) is 23.8 Å². The van der Waals surface area contributed by atoms with Crippen LogP contribution in [0.1, 0.15) is 32.0 Å². The number of rotatable bonds is 6. The second-order valence-electron chi connectivity index (χ2n) is 7.43. The second kappa shape index (κ2) is 9.70. The molecule has 33 heavy (non-hydrogen) atoms. The fourth-order valence-electron chi connectivity index (χ4n) is 3.15. The number of nitrogens with zero attached hydrogens (tertiary/aromatic N) is 3. The monoisotopic (exact) mass is 457 g/mol. The van der Waals surface area contributed by atoms with Crippen LogP contribution in [-0.2, 0) is 0 Å². The van der Waals surface area contributed by atoms with Gasteiger partial charge in [-0.05, 0) is 79.6 Å². The van der Waals surface area contributed by atoms with Crippen LogP contribution in [-0.4, -0.2) is 33.6 Å². The van der Waals surface area contributed by atoms with Gasteiger partial charge in [-0.2, -0.15) is 5.10 Å². The minimum atomic E-state index is -0.247. The summed E-state index contributed by atoms with van der Waals surface area (Å²) in [6.07, 6.45) is 3.40. The fraction of sp³-hybridized carbons (Fsp3) is 0.120. The highest BCUT2D eigenvalue weighted by atomic mass is 32.2. The van der Waals surface area contributed by atoms with E-state index < -0.39 is 0 Å². The SMILES string of the molecule is CNC(=O)c1ccn(-c2ccc(NC(=O)c3cccnc3Sc3ccc(C)c(C)c3)cc2)n1. The number of anilines is 1. The standard InChI is InChI=1S/C25H23N5O2S/c1-16-6-11-20(15-17(16)2)33-25-21(5-4-13-27-25)23(31)28-18-7-9-19(10-8-18)30-14-12-22(29-30)24(32)26-3/h4-15H,1-3H3,(H,26,32)(H,28,31). The first-order chi connectivity index (χ1) is 15.9. The molecule has 0 aliphatic carbocycles. The molecule has 0 bridgehead atoms. The van der Waals surface area contributed by atoms with E-state index in [-0.39, 0.29) is 11.8 Å². The zero-order chi connectivity index (χ0) is 23.4. The van der Waals surface area contributed by atoms with Crippen molar-refractivity contribution in [1.29, 1.82) is 0 Å². The topological polar surface area (TPSA) is 88.9 Å². The third-order valence-corrected chi connectivity index (χ3v) is 6.16. The Labute approximate surface area is 196 Å². The Kier molecular flexibility index (Phi) is 6.55. The molecule has 166 valence electrons. The van der Waals surface area contributed by atoms with E-state index in [2.05, 4.69) is 46.7 Å². The van der Waals surface area contributed by atoms with Crippen molar-refractivity contribution < 1.29 is 9.59 Å². The predicted octanol–water partition coefficient (Wildman–Crippen LogP) is 4.65. The van der Waals surface area contributed by atoms with Gasteiger partial charge in [0.05, 0.1) is 11.3 Å². The molecule has 0 atom stereocenters. The lowest BCUT2D eigenvalue weighted by molar-refractivity contribution is 0.0956. The van der Waals surface area contributed by atoms with Crippen molar-refractivity contribution in [3.8, 4) is 5.69 Å². The smallest absolute Gasteiger partial charge is 0.271 e. The van der Waals surface area contributed by atoms with Crippen LogP contribution in [0, 0.1) is 13.8 Å². The molecule has 0 aliphatic rings. The number of benzene rings is 2. The maximum absolute atomic E-state index is 13.0. The van der Waals surface area contributed by atoms with Gasteiger partial charge in [-0.3, -0.25) is 9.59 Å². The number of aromatic nitrogens is 3. The molecule has 8 heteroatoms. The average Bonchev–Trinajstić information content (AvgIpc) is 3.32. The summed E-state index contributed by atoms with van der Waals surface area (Å²) in [6, 6.07) is 18.6. The van der Waals surface area contributed by atoms with Crippen LogP contribution in [0.2, 0.25) is 0 Å².